The Balaban J connectivity index is 2.17. The lowest BCUT2D eigenvalue weighted by molar-refractivity contribution is -0.256. The number of ether oxygens (including phenoxy) is 1. The lowest BCUT2D eigenvalue weighted by Crippen LogP contribution is -2.35. The molecule has 0 spiro atoms. The number of imidazole rings is 1. The average Bonchev–Trinajstić information content (AvgIpc) is 2.95. The third-order valence-corrected chi connectivity index (χ3v) is 3.44. The molecule has 1 aromatic heterocycles. The summed E-state index contributed by atoms with van der Waals surface area (Å²) < 4.78 is 42.8. The maximum Gasteiger partial charge on any atom is 0.493 e. The van der Waals surface area contributed by atoms with E-state index in [0.717, 1.165) is 26.4 Å². The molecule has 0 bridgehead atoms. The molecule has 0 aliphatic carbocycles. The van der Waals surface area contributed by atoms with Gasteiger partial charge in [-0.25, -0.2) is 9.79 Å². The first-order valence-corrected chi connectivity index (χ1v) is 8.07. The molecular weight excluding hydrogens is 375 g/mol. The molecule has 2 atom stereocenters. The molecule has 13 heteroatoms. The Morgan fingerprint density at radius 1 is 1.44 bits per heavy atom. The summed E-state index contributed by atoms with van der Waals surface area (Å²) in [6.45, 7) is 3.81. The Morgan fingerprint density at radius 3 is 2.74 bits per heavy atom. The summed E-state index contributed by atoms with van der Waals surface area (Å²) in [7, 11) is 1.13. The number of carbonyl (C=O) groups is 1. The first kappa shape index (κ1) is 20.8. The van der Waals surface area contributed by atoms with E-state index in [1.807, 2.05) is 6.92 Å². The molecular formula is C14H20F3N5O5. The summed E-state index contributed by atoms with van der Waals surface area (Å²) in [5, 5.41) is 2.52. The SMILES string of the molecule is CCCC[C@H](C)OOC1=NC(N)c2nc(OC)n(OC(=O)C(F)(F)F)c2N1. The minimum Gasteiger partial charge on any atom is -0.466 e. The van der Waals surface area contributed by atoms with Crippen LogP contribution >= 0.6 is 0 Å². The number of nitrogens with zero attached hydrogens (tertiary/aromatic N) is 3. The van der Waals surface area contributed by atoms with Crippen molar-refractivity contribution in [3.63, 3.8) is 0 Å². The Bertz CT molecular complexity index is 706. The zero-order valence-corrected chi connectivity index (χ0v) is 14.9. The van der Waals surface area contributed by atoms with Crippen LogP contribution in [-0.4, -0.2) is 41.1 Å². The van der Waals surface area contributed by atoms with Crippen molar-refractivity contribution in [2.75, 3.05) is 12.4 Å². The van der Waals surface area contributed by atoms with Crippen molar-refractivity contribution in [3.05, 3.63) is 5.69 Å². The van der Waals surface area contributed by atoms with Gasteiger partial charge in [-0.05, 0) is 13.3 Å². The number of amidine groups is 1. The van der Waals surface area contributed by atoms with Crippen molar-refractivity contribution < 1.29 is 37.3 Å². The molecule has 0 fully saturated rings. The molecule has 3 N–H and O–H groups in total. The predicted octanol–water partition coefficient (Wildman–Crippen LogP) is 1.67. The largest absolute Gasteiger partial charge is 0.493 e. The predicted molar refractivity (Wildman–Crippen MR) is 85.6 cm³/mol. The molecule has 1 aromatic rings. The number of anilines is 1. The van der Waals surface area contributed by atoms with E-state index in [0.29, 0.717) is 4.73 Å². The number of halogens is 3. The summed E-state index contributed by atoms with van der Waals surface area (Å²) in [4.78, 5) is 33.5. The zero-order valence-electron chi connectivity index (χ0n) is 14.9. The van der Waals surface area contributed by atoms with Gasteiger partial charge in [0.2, 0.25) is 0 Å². The van der Waals surface area contributed by atoms with Gasteiger partial charge in [-0.15, -0.1) is 4.73 Å². The number of hydrogen-bond acceptors (Lipinski definition) is 9. The third kappa shape index (κ3) is 5.01. The lowest BCUT2D eigenvalue weighted by atomic mass is 10.2. The fourth-order valence-electron chi connectivity index (χ4n) is 2.10. The van der Waals surface area contributed by atoms with E-state index in [-0.39, 0.29) is 23.6 Å². The second kappa shape index (κ2) is 8.43. The van der Waals surface area contributed by atoms with Crippen LogP contribution in [-0.2, 0) is 14.6 Å². The number of fused-ring (bicyclic) bond motifs is 1. The van der Waals surface area contributed by atoms with Crippen LogP contribution in [0.25, 0.3) is 0 Å². The Morgan fingerprint density at radius 2 is 2.15 bits per heavy atom. The minimum absolute atomic E-state index is 0.00629. The lowest BCUT2D eigenvalue weighted by Gasteiger charge is -2.20. The van der Waals surface area contributed by atoms with Gasteiger partial charge in [-0.2, -0.15) is 23.0 Å². The molecule has 1 aliphatic rings. The van der Waals surface area contributed by atoms with Crippen LogP contribution in [0.1, 0.15) is 45.0 Å². The number of aliphatic imine (C=N–C) groups is 1. The summed E-state index contributed by atoms with van der Waals surface area (Å²) in [6.07, 6.45) is -3.95. The van der Waals surface area contributed by atoms with Crippen LogP contribution in [0.5, 0.6) is 6.01 Å². The molecule has 2 heterocycles. The van der Waals surface area contributed by atoms with E-state index in [4.69, 9.17) is 20.2 Å². The monoisotopic (exact) mass is 395 g/mol. The van der Waals surface area contributed by atoms with E-state index in [2.05, 4.69) is 20.1 Å². The van der Waals surface area contributed by atoms with Gasteiger partial charge in [-0.1, -0.05) is 19.8 Å². The highest BCUT2D eigenvalue weighted by molar-refractivity contribution is 5.90. The van der Waals surface area contributed by atoms with Crippen molar-refractivity contribution in [2.45, 2.75) is 51.6 Å². The number of nitrogens with one attached hydrogen (secondary N) is 1. The van der Waals surface area contributed by atoms with Gasteiger partial charge in [0.05, 0.1) is 7.11 Å². The summed E-state index contributed by atoms with van der Waals surface area (Å²) >= 11 is 0. The minimum atomic E-state index is -5.22. The number of nitrogens with two attached hydrogens (primary N) is 1. The number of carbonyl (C=O) groups excluding carboxylic acids is 1. The van der Waals surface area contributed by atoms with Gasteiger partial charge in [0.25, 0.3) is 0 Å². The van der Waals surface area contributed by atoms with Gasteiger partial charge in [0.15, 0.2) is 5.82 Å². The van der Waals surface area contributed by atoms with E-state index < -0.39 is 24.3 Å². The summed E-state index contributed by atoms with van der Waals surface area (Å²) in [6, 6.07) is -0.667. The number of alkyl halides is 3. The van der Waals surface area contributed by atoms with E-state index in [9.17, 15) is 18.0 Å². The van der Waals surface area contributed by atoms with Crippen molar-refractivity contribution in [2.24, 2.45) is 10.7 Å². The molecule has 152 valence electrons. The van der Waals surface area contributed by atoms with Crippen molar-refractivity contribution in [3.8, 4) is 6.01 Å². The molecule has 0 radical (unpaired) electrons. The van der Waals surface area contributed by atoms with Crippen molar-refractivity contribution in [1.29, 1.82) is 0 Å². The first-order valence-electron chi connectivity index (χ1n) is 8.07. The fourth-order valence-corrected chi connectivity index (χ4v) is 2.10. The summed E-state index contributed by atoms with van der Waals surface area (Å²) in [5.41, 5.74) is 5.81. The van der Waals surface area contributed by atoms with Gasteiger partial charge in [0.1, 0.15) is 18.0 Å². The second-order valence-electron chi connectivity index (χ2n) is 5.64. The maximum atomic E-state index is 12.5. The molecule has 0 aromatic carbocycles. The highest BCUT2D eigenvalue weighted by Crippen LogP contribution is 2.31. The Kier molecular flexibility index (Phi) is 6.49. The first-order chi connectivity index (χ1) is 12.7. The van der Waals surface area contributed by atoms with Crippen LogP contribution in [0, 0.1) is 0 Å². The molecule has 0 amide bonds. The molecule has 10 nitrogen and oxygen atoms in total. The number of methoxy groups -OCH3 is 1. The van der Waals surface area contributed by atoms with Crippen LogP contribution in [0.3, 0.4) is 0 Å². The quantitative estimate of drug-likeness (QED) is 0.528. The molecule has 2 rings (SSSR count). The van der Waals surface area contributed by atoms with Gasteiger partial charge in [0, 0.05) is 0 Å². The normalized spacial score (nSPS) is 17.4. The number of rotatable bonds is 7. The van der Waals surface area contributed by atoms with Crippen molar-refractivity contribution >= 4 is 17.8 Å². The molecule has 27 heavy (non-hydrogen) atoms. The van der Waals surface area contributed by atoms with E-state index in [1.165, 1.54) is 0 Å². The second-order valence-corrected chi connectivity index (χ2v) is 5.64. The standard InChI is InChI=1S/C14H20F3N5O5/c1-4-5-6-7(2)26-27-12-20-9(18)8-10(21-12)22(13(19-8)24-3)25-11(23)14(15,16)17/h7,9H,4-6,18H2,1-3H3,(H,20,21)/t7-,9?/m0/s1. The van der Waals surface area contributed by atoms with Crippen molar-refractivity contribution in [1.82, 2.24) is 9.71 Å². The number of hydrogen-bond donors (Lipinski definition) is 2. The van der Waals surface area contributed by atoms with Crippen LogP contribution < -0.4 is 20.6 Å². The van der Waals surface area contributed by atoms with Crippen LogP contribution in [0.15, 0.2) is 4.99 Å². The smallest absolute Gasteiger partial charge is 0.466 e. The molecule has 0 saturated heterocycles. The Labute approximate surface area is 152 Å². The fraction of sp³-hybridized carbons (Fsp3) is 0.643. The average molecular weight is 395 g/mol. The van der Waals surface area contributed by atoms with Gasteiger partial charge >= 0.3 is 24.2 Å². The Hall–Kier alpha value is -2.54. The number of unbranched alkanes of at least 4 members (excludes halogenated alkanes) is 1. The number of aromatic nitrogens is 2. The van der Waals surface area contributed by atoms with Crippen LogP contribution in [0.2, 0.25) is 0 Å². The third-order valence-electron chi connectivity index (χ3n) is 3.44. The molecule has 1 aliphatic heterocycles. The van der Waals surface area contributed by atoms with Crippen LogP contribution in [0.4, 0.5) is 19.0 Å². The molecule has 1 unspecified atom stereocenters. The highest BCUT2D eigenvalue weighted by Gasteiger charge is 2.43. The topological polar surface area (TPSA) is 122 Å². The molecule has 0 saturated carbocycles. The van der Waals surface area contributed by atoms with Gasteiger partial charge in [-0.3, -0.25) is 10.2 Å². The van der Waals surface area contributed by atoms with Gasteiger partial charge < -0.3 is 15.3 Å². The summed E-state index contributed by atoms with van der Waals surface area (Å²) in [5.74, 6) is -2.67. The maximum absolute atomic E-state index is 12.5. The van der Waals surface area contributed by atoms with E-state index >= 15 is 0 Å². The highest BCUT2D eigenvalue weighted by atomic mass is 19.4. The van der Waals surface area contributed by atoms with E-state index in [1.54, 1.807) is 6.92 Å². The zero-order chi connectivity index (χ0) is 20.2.